The van der Waals surface area contributed by atoms with Gasteiger partial charge in [-0.2, -0.15) is 0 Å². The van der Waals surface area contributed by atoms with Gasteiger partial charge in [0.2, 0.25) is 16.7 Å². The second-order valence-corrected chi connectivity index (χ2v) is 16.7. The molecule has 0 aliphatic rings. The zero-order chi connectivity index (χ0) is 46.7. The first-order valence-electron chi connectivity index (χ1n) is 21.7. The van der Waals surface area contributed by atoms with Crippen LogP contribution in [-0.4, -0.2) is 92.8 Å². The zero-order valence-electron chi connectivity index (χ0n) is 39.9. The number of pyridine rings is 3. The van der Waals surface area contributed by atoms with Gasteiger partial charge in [-0.3, -0.25) is 14.4 Å². The van der Waals surface area contributed by atoms with E-state index in [4.69, 9.17) is 0 Å². The van der Waals surface area contributed by atoms with Crippen molar-refractivity contribution in [1.29, 1.82) is 0 Å². The van der Waals surface area contributed by atoms with E-state index in [2.05, 4.69) is 30.9 Å². The monoisotopic (exact) mass is 1010 g/mol. The maximum atomic E-state index is 11.4. The maximum Gasteiger partial charge on any atom is 0.248 e. The highest BCUT2D eigenvalue weighted by Crippen LogP contribution is 2.33. The molecular formula is C48H73Cl3N6O11. The fourth-order valence-electron chi connectivity index (χ4n) is 7.78. The Balaban J connectivity index is 0. The number of hydrogen-bond donors (Lipinski definition) is 12. The first-order valence-corrected chi connectivity index (χ1v) is 21.7. The van der Waals surface area contributed by atoms with Crippen LogP contribution in [0.4, 0.5) is 0 Å². The molecule has 3 heterocycles. The Labute approximate surface area is 414 Å². The van der Waals surface area contributed by atoms with Gasteiger partial charge in [-0.25, -0.2) is 0 Å². The van der Waals surface area contributed by atoms with E-state index in [1.165, 1.54) is 36.4 Å². The molecule has 6 atom stereocenters. The molecule has 0 aliphatic carbocycles. The molecule has 20 heteroatoms. The van der Waals surface area contributed by atoms with E-state index >= 15 is 0 Å². The van der Waals surface area contributed by atoms with E-state index in [1.807, 2.05) is 62.3 Å². The van der Waals surface area contributed by atoms with Crippen molar-refractivity contribution in [3.8, 4) is 17.2 Å². The lowest BCUT2D eigenvalue weighted by atomic mass is 9.95. The lowest BCUT2D eigenvalue weighted by molar-refractivity contribution is 0.122. The molecule has 6 rings (SSSR count). The highest BCUT2D eigenvalue weighted by Gasteiger charge is 2.25. The van der Waals surface area contributed by atoms with Crippen LogP contribution in [0.2, 0.25) is 0 Å². The molecule has 382 valence electrons. The summed E-state index contributed by atoms with van der Waals surface area (Å²) in [6.45, 7) is 18.2. The van der Waals surface area contributed by atoms with Crippen molar-refractivity contribution in [3.63, 3.8) is 0 Å². The topological polar surface area (TPSA) is 319 Å². The van der Waals surface area contributed by atoms with Crippen molar-refractivity contribution in [2.24, 2.45) is 0 Å². The minimum atomic E-state index is -0.716. The third kappa shape index (κ3) is 16.7. The van der Waals surface area contributed by atoms with Crippen LogP contribution < -0.4 is 32.6 Å². The lowest BCUT2D eigenvalue weighted by Gasteiger charge is -2.26. The molecule has 0 amide bonds. The van der Waals surface area contributed by atoms with Gasteiger partial charge in [0.05, 0.1) is 34.9 Å². The number of hydrogen-bond acceptors (Lipinski definition) is 12. The quantitative estimate of drug-likeness (QED) is 0.0586. The summed E-state index contributed by atoms with van der Waals surface area (Å²) < 4.78 is 0. The average molecular weight is 1020 g/mol. The molecular weight excluding hydrogens is 943 g/mol. The van der Waals surface area contributed by atoms with E-state index in [0.717, 1.165) is 19.3 Å². The number of benzene rings is 3. The molecule has 16 N–H and O–H groups in total. The van der Waals surface area contributed by atoms with Gasteiger partial charge < -0.3 is 72.5 Å². The molecule has 4 unspecified atom stereocenters. The van der Waals surface area contributed by atoms with Crippen LogP contribution in [-0.2, 0) is 0 Å². The summed E-state index contributed by atoms with van der Waals surface area (Å²) in [5.74, 6) is 0.00977. The number of halogens is 3. The van der Waals surface area contributed by atoms with Crippen molar-refractivity contribution < 1.29 is 41.6 Å². The lowest BCUT2D eigenvalue weighted by Crippen LogP contribution is -2.39. The number of aliphatic hydroxyl groups is 3. The van der Waals surface area contributed by atoms with Crippen molar-refractivity contribution in [2.45, 2.75) is 136 Å². The van der Waals surface area contributed by atoms with E-state index in [9.17, 15) is 45.0 Å². The number of rotatable bonds is 15. The highest BCUT2D eigenvalue weighted by atomic mass is 35.5. The smallest absolute Gasteiger partial charge is 0.248 e. The van der Waals surface area contributed by atoms with Crippen molar-refractivity contribution in [3.05, 3.63) is 121 Å². The minimum absolute atomic E-state index is 0. The maximum absolute atomic E-state index is 11.4. The summed E-state index contributed by atoms with van der Waals surface area (Å²) in [5, 5.41) is 73.6. The van der Waals surface area contributed by atoms with Crippen LogP contribution >= 0.6 is 37.2 Å². The highest BCUT2D eigenvalue weighted by molar-refractivity contribution is 5.89. The molecule has 3 aromatic heterocycles. The van der Waals surface area contributed by atoms with Crippen molar-refractivity contribution in [1.82, 2.24) is 30.9 Å². The Bertz CT molecular complexity index is 2340. The third-order valence-electron chi connectivity index (χ3n) is 10.8. The zero-order valence-corrected chi connectivity index (χ0v) is 42.3. The minimum Gasteiger partial charge on any atom is -0.506 e. The molecule has 0 saturated carbocycles. The fraction of sp³-hybridized carbons (Fsp3) is 0.438. The average Bonchev–Trinajstić information content (AvgIpc) is 3.24. The van der Waals surface area contributed by atoms with Crippen molar-refractivity contribution in [2.75, 3.05) is 0 Å². The third-order valence-corrected chi connectivity index (χ3v) is 10.8. The summed E-state index contributed by atoms with van der Waals surface area (Å²) in [4.78, 5) is 42.1. The number of phenols is 3. The number of H-pyrrole nitrogens is 3. The van der Waals surface area contributed by atoms with Crippen molar-refractivity contribution >= 4 is 69.9 Å². The molecule has 0 fully saturated rings. The van der Waals surface area contributed by atoms with Gasteiger partial charge in [0.1, 0.15) is 17.2 Å². The van der Waals surface area contributed by atoms with Gasteiger partial charge in [-0.15, -0.1) is 37.2 Å². The summed E-state index contributed by atoms with van der Waals surface area (Å²) in [7, 11) is 0. The fourth-order valence-corrected chi connectivity index (χ4v) is 7.78. The van der Waals surface area contributed by atoms with E-state index in [-0.39, 0.29) is 118 Å². The standard InChI is InChI=1S/3C16H22N2O3.3ClH.2H2O/c3*1-4-12(17-9(2)3)16(21)11-5-7-13(19)15-10(11)6-8-14(20)18-15;;;;;/h3*5-9,12,16-17,19,21H,4H2,1-3H3,(H,18,20);3*1H;2*1H2/t12-,16+;;;;;;;/m1......./s1. The Hall–Kier alpha value is -4.76. The van der Waals surface area contributed by atoms with E-state index < -0.39 is 18.3 Å². The van der Waals surface area contributed by atoms with Gasteiger partial charge >= 0.3 is 0 Å². The first-order chi connectivity index (χ1) is 29.8. The molecule has 0 aliphatic heterocycles. The largest absolute Gasteiger partial charge is 0.506 e. The van der Waals surface area contributed by atoms with Gasteiger partial charge in [-0.05, 0) is 72.4 Å². The second kappa shape index (κ2) is 30.0. The molecule has 0 saturated heterocycles. The van der Waals surface area contributed by atoms with Crippen LogP contribution in [0.5, 0.6) is 17.2 Å². The Morgan fingerprint density at radius 1 is 0.412 bits per heavy atom. The Kier molecular flexibility index (Phi) is 28.8. The van der Waals surface area contributed by atoms with E-state index in [0.29, 0.717) is 49.4 Å². The molecule has 68 heavy (non-hydrogen) atoms. The normalized spacial score (nSPS) is 13.5. The molecule has 0 spiro atoms. The van der Waals surface area contributed by atoms with Gasteiger partial charge in [0.25, 0.3) is 0 Å². The van der Waals surface area contributed by atoms with Gasteiger partial charge in [0.15, 0.2) is 0 Å². The SMILES string of the molecule is CCC(NC(C)C)C(O)c1ccc(O)c2[nH]c(=O)ccc12.CCC(NC(C)C)C(O)c1ccc(O)c2[nH]c(=O)ccc12.CC[C@@H](NC(C)C)[C@@H](O)c1ccc(O)c2[nH]c(=O)ccc12.Cl.Cl.Cl.O.O. The Morgan fingerprint density at radius 2 is 0.632 bits per heavy atom. The molecule has 0 bridgehead atoms. The van der Waals surface area contributed by atoms with Crippen LogP contribution in [0, 0.1) is 0 Å². The number of aromatic nitrogens is 3. The number of aromatic hydroxyl groups is 3. The predicted octanol–water partition coefficient (Wildman–Crippen LogP) is 5.75. The Morgan fingerprint density at radius 3 is 0.824 bits per heavy atom. The summed E-state index contributed by atoms with van der Waals surface area (Å²) in [6, 6.07) is 19.2. The van der Waals surface area contributed by atoms with Gasteiger partial charge in [-0.1, -0.05) is 80.5 Å². The molecule has 6 aromatic rings. The predicted molar refractivity (Wildman–Crippen MR) is 280 cm³/mol. The van der Waals surface area contributed by atoms with E-state index in [1.54, 1.807) is 36.4 Å². The second-order valence-electron chi connectivity index (χ2n) is 16.7. The van der Waals surface area contributed by atoms with Crippen LogP contribution in [0.1, 0.15) is 117 Å². The summed E-state index contributed by atoms with van der Waals surface area (Å²) in [6.07, 6.45) is 0.158. The number of nitrogens with one attached hydrogen (secondary N) is 6. The molecule has 3 aromatic carbocycles. The number of aliphatic hydroxyl groups excluding tert-OH is 3. The molecule has 0 radical (unpaired) electrons. The van der Waals surface area contributed by atoms with Crippen LogP contribution in [0.3, 0.4) is 0 Å². The number of fused-ring (bicyclic) bond motifs is 3. The molecule has 17 nitrogen and oxygen atoms in total. The van der Waals surface area contributed by atoms with Crippen LogP contribution in [0.15, 0.2) is 87.2 Å². The van der Waals surface area contributed by atoms with Gasteiger partial charge in [0, 0.05) is 70.6 Å². The summed E-state index contributed by atoms with van der Waals surface area (Å²) in [5.41, 5.74) is 2.32. The number of phenolic OH excluding ortho intramolecular Hbond substituents is 3. The number of aromatic amines is 3. The first kappa shape index (κ1) is 65.3. The van der Waals surface area contributed by atoms with Crippen LogP contribution in [0.25, 0.3) is 32.7 Å². The summed E-state index contributed by atoms with van der Waals surface area (Å²) >= 11 is 0.